The van der Waals surface area contributed by atoms with E-state index in [1.807, 2.05) is 11.8 Å². The second kappa shape index (κ2) is 11.5. The number of hydrogen-bond acceptors (Lipinski definition) is 7. The highest BCUT2D eigenvalue weighted by Crippen LogP contribution is 2.43. The largest absolute Gasteiger partial charge is 0.444 e. The summed E-state index contributed by atoms with van der Waals surface area (Å²) in [5.41, 5.74) is -0.622. The maximum Gasteiger partial charge on any atom is 0.419 e. The first kappa shape index (κ1) is 31.0. The number of benzene rings is 1. The Labute approximate surface area is 247 Å². The summed E-state index contributed by atoms with van der Waals surface area (Å²) in [4.78, 5) is 41.1. The molecule has 2 saturated heterocycles. The molecule has 2 fully saturated rings. The van der Waals surface area contributed by atoms with E-state index in [1.165, 1.54) is 11.2 Å². The van der Waals surface area contributed by atoms with Gasteiger partial charge in [0.05, 0.1) is 29.3 Å². The van der Waals surface area contributed by atoms with Crippen molar-refractivity contribution in [3.05, 3.63) is 52.7 Å². The summed E-state index contributed by atoms with van der Waals surface area (Å²) >= 11 is 0. The number of alkyl halides is 3. The van der Waals surface area contributed by atoms with Gasteiger partial charge in [0.25, 0.3) is 0 Å². The topological polar surface area (TPSA) is 99.1 Å². The molecule has 0 bridgehead atoms. The summed E-state index contributed by atoms with van der Waals surface area (Å²) in [6.07, 6.45) is -3.21. The molecule has 4 atom stereocenters. The number of likely N-dealkylation sites (tertiary alicyclic amines) is 1. The molecular formula is C30H37F4N5O4. The second-order valence-electron chi connectivity index (χ2n) is 12.6. The highest BCUT2D eigenvalue weighted by molar-refractivity contribution is 5.86. The van der Waals surface area contributed by atoms with E-state index in [2.05, 4.69) is 9.97 Å². The molecule has 2 aliphatic heterocycles. The average molecular weight is 608 g/mol. The summed E-state index contributed by atoms with van der Waals surface area (Å²) < 4.78 is 60.4. The molecule has 1 aromatic heterocycles. The van der Waals surface area contributed by atoms with Crippen LogP contribution >= 0.6 is 0 Å². The van der Waals surface area contributed by atoms with Crippen LogP contribution < -0.4 is 4.90 Å². The van der Waals surface area contributed by atoms with Gasteiger partial charge in [-0.25, -0.2) is 19.2 Å². The van der Waals surface area contributed by atoms with Crippen LogP contribution in [0.2, 0.25) is 0 Å². The SMILES string of the molecule is C[C@@H]1C[C@@H](O)c2ncnc(N3CCN(C(=O)[C@@H](c4ccc(C(F)(F)F)c(F)c4)[C@@H]4CCCN4C(=O)OC(C)(C)C)CC3)c21. The number of rotatable bonds is 4. The maximum atomic E-state index is 14.8. The van der Waals surface area contributed by atoms with E-state index in [0.29, 0.717) is 50.7 Å². The van der Waals surface area contributed by atoms with E-state index < -0.39 is 53.2 Å². The zero-order valence-corrected chi connectivity index (χ0v) is 24.7. The number of anilines is 1. The van der Waals surface area contributed by atoms with Crippen molar-refractivity contribution >= 4 is 17.8 Å². The van der Waals surface area contributed by atoms with Crippen LogP contribution in [0.1, 0.15) is 87.3 Å². The van der Waals surface area contributed by atoms with Gasteiger partial charge < -0.3 is 24.5 Å². The number of aromatic nitrogens is 2. The van der Waals surface area contributed by atoms with Crippen LogP contribution in [0, 0.1) is 5.82 Å². The molecule has 2 amide bonds. The Hall–Kier alpha value is -3.48. The third-order valence-corrected chi connectivity index (χ3v) is 8.41. The molecule has 0 saturated carbocycles. The molecule has 1 N–H and O–H groups in total. The van der Waals surface area contributed by atoms with E-state index >= 15 is 0 Å². The van der Waals surface area contributed by atoms with E-state index in [0.717, 1.165) is 23.5 Å². The van der Waals surface area contributed by atoms with Crippen molar-refractivity contribution in [2.24, 2.45) is 0 Å². The highest BCUT2D eigenvalue weighted by Gasteiger charge is 2.44. The van der Waals surface area contributed by atoms with Crippen LogP contribution in [0.3, 0.4) is 0 Å². The van der Waals surface area contributed by atoms with Crippen LogP contribution in [0.15, 0.2) is 24.5 Å². The van der Waals surface area contributed by atoms with Crippen LogP contribution in [0.5, 0.6) is 0 Å². The number of aliphatic hydroxyl groups is 1. The highest BCUT2D eigenvalue weighted by atomic mass is 19.4. The van der Waals surface area contributed by atoms with Gasteiger partial charge in [0.15, 0.2) is 0 Å². The Morgan fingerprint density at radius 1 is 1.07 bits per heavy atom. The minimum Gasteiger partial charge on any atom is -0.444 e. The zero-order chi connectivity index (χ0) is 31.3. The lowest BCUT2D eigenvalue weighted by Crippen LogP contribution is -2.53. The Bertz CT molecular complexity index is 1370. The molecule has 9 nitrogen and oxygen atoms in total. The number of amides is 2. The van der Waals surface area contributed by atoms with Crippen molar-refractivity contribution in [1.82, 2.24) is 19.8 Å². The summed E-state index contributed by atoms with van der Waals surface area (Å²) in [7, 11) is 0. The van der Waals surface area contributed by atoms with Gasteiger partial charge >= 0.3 is 12.3 Å². The Balaban J connectivity index is 1.42. The number of ether oxygens (including phenoxy) is 1. The van der Waals surface area contributed by atoms with Crippen molar-refractivity contribution in [2.75, 3.05) is 37.6 Å². The Morgan fingerprint density at radius 2 is 1.77 bits per heavy atom. The fourth-order valence-corrected chi connectivity index (χ4v) is 6.46. The van der Waals surface area contributed by atoms with Crippen LogP contribution in [-0.4, -0.2) is 81.2 Å². The quantitative estimate of drug-likeness (QED) is 0.488. The summed E-state index contributed by atoms with van der Waals surface area (Å²) in [5, 5.41) is 10.4. The van der Waals surface area contributed by atoms with E-state index in [9.17, 15) is 32.3 Å². The Kier molecular flexibility index (Phi) is 8.32. The molecule has 3 aliphatic rings. The van der Waals surface area contributed by atoms with Gasteiger partial charge in [-0.05, 0) is 63.6 Å². The second-order valence-corrected chi connectivity index (χ2v) is 12.6. The number of fused-ring (bicyclic) bond motifs is 1. The molecular weight excluding hydrogens is 570 g/mol. The average Bonchev–Trinajstić information content (AvgIpc) is 3.52. The smallest absolute Gasteiger partial charge is 0.419 e. The summed E-state index contributed by atoms with van der Waals surface area (Å²) in [6.45, 7) is 8.89. The molecule has 1 aromatic carbocycles. The van der Waals surface area contributed by atoms with Crippen molar-refractivity contribution in [3.63, 3.8) is 0 Å². The fourth-order valence-electron chi connectivity index (χ4n) is 6.46. The standard InChI is InChI=1S/C30H37F4N5O4/c1-17-14-22(40)25-23(17)26(36-16-35-25)37-10-12-38(13-11-37)27(41)24(18-7-8-19(20(31)15-18)30(32,33)34)21-6-5-9-39(21)28(42)43-29(2,3)4/h7-8,15-17,21-22,24,40H,5-6,9-14H2,1-4H3/t17-,21+,22-,24+/m1/s1. The first-order valence-corrected chi connectivity index (χ1v) is 14.6. The number of halogens is 4. The molecule has 234 valence electrons. The molecule has 0 spiro atoms. The third-order valence-electron chi connectivity index (χ3n) is 8.41. The van der Waals surface area contributed by atoms with Crippen LogP contribution in [0.25, 0.3) is 0 Å². The lowest BCUT2D eigenvalue weighted by Gasteiger charge is -2.40. The fraction of sp³-hybridized carbons (Fsp3) is 0.600. The minimum atomic E-state index is -4.89. The third kappa shape index (κ3) is 6.27. The number of hydrogen-bond donors (Lipinski definition) is 1. The number of nitrogens with zero attached hydrogens (tertiary/aromatic N) is 5. The van der Waals surface area contributed by atoms with E-state index in [-0.39, 0.29) is 24.6 Å². The van der Waals surface area contributed by atoms with Crippen molar-refractivity contribution in [3.8, 4) is 0 Å². The molecule has 43 heavy (non-hydrogen) atoms. The molecule has 3 heterocycles. The van der Waals surface area contributed by atoms with Crippen molar-refractivity contribution in [2.45, 2.75) is 82.7 Å². The van der Waals surface area contributed by atoms with Gasteiger partial charge in [0.1, 0.15) is 23.6 Å². The predicted molar refractivity (Wildman–Crippen MR) is 149 cm³/mol. The molecule has 2 aromatic rings. The zero-order valence-electron chi connectivity index (χ0n) is 24.7. The normalized spacial score (nSPS) is 23.4. The summed E-state index contributed by atoms with van der Waals surface area (Å²) in [5.74, 6) is -2.16. The van der Waals surface area contributed by atoms with Gasteiger partial charge in [0, 0.05) is 38.3 Å². The minimum absolute atomic E-state index is 0.0704. The Morgan fingerprint density at radius 3 is 2.40 bits per heavy atom. The van der Waals surface area contributed by atoms with Gasteiger partial charge in [0.2, 0.25) is 5.91 Å². The number of carbonyl (C=O) groups excluding carboxylic acids is 2. The van der Waals surface area contributed by atoms with Gasteiger partial charge in [-0.1, -0.05) is 13.0 Å². The van der Waals surface area contributed by atoms with Gasteiger partial charge in [-0.15, -0.1) is 0 Å². The molecule has 0 radical (unpaired) electrons. The predicted octanol–water partition coefficient (Wildman–Crippen LogP) is 5.01. The molecule has 0 unspecified atom stereocenters. The summed E-state index contributed by atoms with van der Waals surface area (Å²) in [6, 6.07) is 1.84. The lowest BCUT2D eigenvalue weighted by molar-refractivity contribution is -0.140. The van der Waals surface area contributed by atoms with Crippen molar-refractivity contribution < 1.29 is 37.0 Å². The van der Waals surface area contributed by atoms with Crippen LogP contribution in [0.4, 0.5) is 28.2 Å². The van der Waals surface area contributed by atoms with E-state index in [1.54, 1.807) is 25.7 Å². The molecule has 5 rings (SSSR count). The van der Waals surface area contributed by atoms with E-state index in [4.69, 9.17) is 4.74 Å². The lowest BCUT2D eigenvalue weighted by atomic mass is 9.87. The number of piperazine rings is 1. The molecule has 13 heteroatoms. The molecule has 1 aliphatic carbocycles. The van der Waals surface area contributed by atoms with Gasteiger partial charge in [-0.3, -0.25) is 4.79 Å². The monoisotopic (exact) mass is 607 g/mol. The number of aliphatic hydroxyl groups excluding tert-OH is 1. The first-order chi connectivity index (χ1) is 20.2. The first-order valence-electron chi connectivity index (χ1n) is 14.6. The number of carbonyl (C=O) groups is 2. The van der Waals surface area contributed by atoms with Crippen LogP contribution in [-0.2, 0) is 15.7 Å². The van der Waals surface area contributed by atoms with Gasteiger partial charge in [-0.2, -0.15) is 13.2 Å². The maximum absolute atomic E-state index is 14.8. The van der Waals surface area contributed by atoms with Crippen molar-refractivity contribution in [1.29, 1.82) is 0 Å².